The Labute approximate surface area is 113 Å². The minimum atomic E-state index is -3.52. The van der Waals surface area contributed by atoms with E-state index in [0.29, 0.717) is 5.69 Å². The molecule has 0 aliphatic rings. The average Bonchev–Trinajstić information content (AvgIpc) is 2.29. The van der Waals surface area contributed by atoms with Gasteiger partial charge in [0.1, 0.15) is 6.54 Å². The molecule has 0 aromatic heterocycles. The van der Waals surface area contributed by atoms with Crippen LogP contribution < -0.4 is 4.31 Å². The van der Waals surface area contributed by atoms with Gasteiger partial charge in [-0.05, 0) is 49.6 Å². The number of carbonyl (C=O) groups is 1. The van der Waals surface area contributed by atoms with E-state index in [4.69, 9.17) is 11.6 Å². The maximum atomic E-state index is 12.0. The van der Waals surface area contributed by atoms with E-state index in [1.54, 1.807) is 13.0 Å². The van der Waals surface area contributed by atoms with Crippen LogP contribution in [0.3, 0.4) is 0 Å². The second-order valence-electron chi connectivity index (χ2n) is 4.05. The summed E-state index contributed by atoms with van der Waals surface area (Å²) >= 11 is 5.33. The van der Waals surface area contributed by atoms with Crippen molar-refractivity contribution in [1.29, 1.82) is 0 Å². The second kappa shape index (κ2) is 5.71. The summed E-state index contributed by atoms with van der Waals surface area (Å²) in [5.41, 5.74) is 2.22. The fraction of sp³-hybridized carbons (Fsp3) is 0.417. The Balaban J connectivity index is 3.34. The topological polar surface area (TPSA) is 54.5 Å². The summed E-state index contributed by atoms with van der Waals surface area (Å²) in [6.07, 6.45) is 0. The molecule has 0 radical (unpaired) electrons. The third-order valence-electron chi connectivity index (χ3n) is 2.60. The van der Waals surface area contributed by atoms with Gasteiger partial charge in [0.25, 0.3) is 0 Å². The Morgan fingerprint density at radius 3 is 2.44 bits per heavy atom. The smallest absolute Gasteiger partial charge is 0.242 e. The van der Waals surface area contributed by atoms with Crippen LogP contribution in [0.1, 0.15) is 18.1 Å². The summed E-state index contributed by atoms with van der Waals surface area (Å²) in [4.78, 5) is 11.0. The molecule has 0 unspecified atom stereocenters. The Kier molecular flexibility index (Phi) is 4.76. The highest BCUT2D eigenvalue weighted by Gasteiger charge is 2.24. The minimum absolute atomic E-state index is 0.0788. The second-order valence-corrected chi connectivity index (χ2v) is 6.66. The molecule has 0 saturated carbocycles. The highest BCUT2D eigenvalue weighted by molar-refractivity contribution is 7.92. The van der Waals surface area contributed by atoms with Crippen LogP contribution in [0.2, 0.25) is 0 Å². The molecular weight excluding hydrogens is 274 g/mol. The largest absolute Gasteiger partial charge is 0.279 e. The molecule has 0 N–H and O–H groups in total. The van der Waals surface area contributed by atoms with Gasteiger partial charge in [0, 0.05) is 0 Å². The number of aryl methyl sites for hydroxylation is 2. The van der Waals surface area contributed by atoms with Crippen LogP contribution in [-0.2, 0) is 14.8 Å². The number of anilines is 1. The molecule has 0 bridgehead atoms. The van der Waals surface area contributed by atoms with E-state index in [1.807, 2.05) is 19.1 Å². The molecule has 0 aliphatic carbocycles. The molecule has 0 saturated heterocycles. The van der Waals surface area contributed by atoms with E-state index in [1.165, 1.54) is 6.92 Å². The molecule has 0 spiro atoms. The fourth-order valence-corrected chi connectivity index (χ4v) is 2.90. The monoisotopic (exact) mass is 289 g/mol. The third kappa shape index (κ3) is 3.46. The quantitative estimate of drug-likeness (QED) is 0.781. The fourth-order valence-electron chi connectivity index (χ4n) is 1.59. The van der Waals surface area contributed by atoms with Crippen molar-refractivity contribution in [3.05, 3.63) is 29.3 Å². The van der Waals surface area contributed by atoms with Crippen LogP contribution in [0.4, 0.5) is 5.69 Å². The van der Waals surface area contributed by atoms with E-state index in [0.717, 1.165) is 15.4 Å². The maximum Gasteiger partial charge on any atom is 0.242 e. The normalized spacial score (nSPS) is 11.3. The van der Waals surface area contributed by atoms with Gasteiger partial charge in [0.2, 0.25) is 15.3 Å². The van der Waals surface area contributed by atoms with Crippen molar-refractivity contribution in [2.24, 2.45) is 0 Å². The SMILES string of the molecule is CCS(=O)(=O)N(CC(=O)Cl)c1cc(C)ccc1C. The highest BCUT2D eigenvalue weighted by atomic mass is 35.5. The van der Waals surface area contributed by atoms with Gasteiger partial charge in [-0.25, -0.2) is 8.42 Å². The number of rotatable bonds is 5. The molecule has 1 rings (SSSR count). The Bertz CT molecular complexity index is 554. The Morgan fingerprint density at radius 2 is 1.94 bits per heavy atom. The molecule has 6 heteroatoms. The highest BCUT2D eigenvalue weighted by Crippen LogP contribution is 2.24. The zero-order chi connectivity index (χ0) is 13.9. The lowest BCUT2D eigenvalue weighted by atomic mass is 10.1. The van der Waals surface area contributed by atoms with Crippen LogP contribution in [0, 0.1) is 13.8 Å². The van der Waals surface area contributed by atoms with Gasteiger partial charge in [-0.15, -0.1) is 0 Å². The number of nitrogens with zero attached hydrogens (tertiary/aromatic N) is 1. The van der Waals surface area contributed by atoms with Crippen molar-refractivity contribution in [2.75, 3.05) is 16.6 Å². The van der Waals surface area contributed by atoms with Gasteiger partial charge in [-0.2, -0.15) is 0 Å². The van der Waals surface area contributed by atoms with E-state index in [-0.39, 0.29) is 12.3 Å². The van der Waals surface area contributed by atoms with Gasteiger partial charge in [0.15, 0.2) is 0 Å². The van der Waals surface area contributed by atoms with Crippen molar-refractivity contribution in [3.63, 3.8) is 0 Å². The number of sulfonamides is 1. The van der Waals surface area contributed by atoms with Crippen molar-refractivity contribution in [2.45, 2.75) is 20.8 Å². The lowest BCUT2D eigenvalue weighted by molar-refractivity contribution is -0.110. The van der Waals surface area contributed by atoms with Crippen LogP contribution >= 0.6 is 11.6 Å². The standard InChI is InChI=1S/C12H16ClNO3S/c1-4-18(16,17)14(8-12(13)15)11-7-9(2)5-6-10(11)3/h5-7H,4,8H2,1-3H3. The van der Waals surface area contributed by atoms with E-state index < -0.39 is 15.3 Å². The van der Waals surface area contributed by atoms with Gasteiger partial charge in [-0.3, -0.25) is 9.10 Å². The zero-order valence-corrected chi connectivity index (χ0v) is 12.2. The first-order chi connectivity index (χ1) is 8.27. The number of hydrogen-bond donors (Lipinski definition) is 0. The van der Waals surface area contributed by atoms with E-state index in [2.05, 4.69) is 0 Å². The summed E-state index contributed by atoms with van der Waals surface area (Å²) < 4.78 is 25.1. The number of benzene rings is 1. The summed E-state index contributed by atoms with van der Waals surface area (Å²) in [6, 6.07) is 5.45. The third-order valence-corrected chi connectivity index (χ3v) is 4.45. The first-order valence-electron chi connectivity index (χ1n) is 5.54. The Morgan fingerprint density at radius 1 is 1.33 bits per heavy atom. The molecule has 0 atom stereocenters. The van der Waals surface area contributed by atoms with Crippen LogP contribution in [0.5, 0.6) is 0 Å². The summed E-state index contributed by atoms with van der Waals surface area (Å²) in [5.74, 6) is -0.0788. The first-order valence-corrected chi connectivity index (χ1v) is 7.52. The first kappa shape index (κ1) is 15.0. The minimum Gasteiger partial charge on any atom is -0.279 e. The molecule has 1 aromatic carbocycles. The molecule has 0 fully saturated rings. The summed E-state index contributed by atoms with van der Waals surface area (Å²) in [5, 5.41) is -0.701. The lowest BCUT2D eigenvalue weighted by Crippen LogP contribution is -2.36. The summed E-state index contributed by atoms with van der Waals surface area (Å²) in [7, 11) is -3.52. The zero-order valence-electron chi connectivity index (χ0n) is 10.6. The number of halogens is 1. The van der Waals surface area contributed by atoms with Gasteiger partial charge < -0.3 is 0 Å². The molecule has 0 heterocycles. The molecule has 100 valence electrons. The van der Waals surface area contributed by atoms with Crippen molar-refractivity contribution < 1.29 is 13.2 Å². The molecule has 4 nitrogen and oxygen atoms in total. The molecule has 0 aliphatic heterocycles. The van der Waals surface area contributed by atoms with E-state index >= 15 is 0 Å². The van der Waals surface area contributed by atoms with Crippen LogP contribution in [-0.4, -0.2) is 26.0 Å². The predicted octanol–water partition coefficient (Wildman–Crippen LogP) is 2.22. The summed E-state index contributed by atoms with van der Waals surface area (Å²) in [6.45, 7) is 4.85. The molecule has 0 amide bonds. The van der Waals surface area contributed by atoms with Crippen LogP contribution in [0.15, 0.2) is 18.2 Å². The van der Waals surface area contributed by atoms with Gasteiger partial charge >= 0.3 is 0 Å². The van der Waals surface area contributed by atoms with Gasteiger partial charge in [-0.1, -0.05) is 12.1 Å². The Hall–Kier alpha value is -1.07. The van der Waals surface area contributed by atoms with Gasteiger partial charge in [0.05, 0.1) is 11.4 Å². The molecule has 18 heavy (non-hydrogen) atoms. The number of carbonyl (C=O) groups excluding carboxylic acids is 1. The number of hydrogen-bond acceptors (Lipinski definition) is 3. The van der Waals surface area contributed by atoms with E-state index in [9.17, 15) is 13.2 Å². The van der Waals surface area contributed by atoms with Crippen molar-refractivity contribution >= 4 is 32.6 Å². The van der Waals surface area contributed by atoms with Crippen LogP contribution in [0.25, 0.3) is 0 Å². The van der Waals surface area contributed by atoms with Crippen molar-refractivity contribution in [3.8, 4) is 0 Å². The maximum absolute atomic E-state index is 12.0. The lowest BCUT2D eigenvalue weighted by Gasteiger charge is -2.24. The van der Waals surface area contributed by atoms with Crippen molar-refractivity contribution in [1.82, 2.24) is 0 Å². The molecular formula is C12H16ClNO3S. The molecule has 1 aromatic rings. The predicted molar refractivity (Wildman–Crippen MR) is 73.6 cm³/mol. The average molecular weight is 290 g/mol.